The van der Waals surface area contributed by atoms with Crippen molar-refractivity contribution in [1.82, 2.24) is 10.6 Å². The summed E-state index contributed by atoms with van der Waals surface area (Å²) in [4.78, 5) is 12.3. The number of hydrogen-bond donors (Lipinski definition) is 2. The minimum atomic E-state index is -0.283. The molecule has 0 spiro atoms. The molecule has 0 radical (unpaired) electrons. The van der Waals surface area contributed by atoms with Gasteiger partial charge in [0.1, 0.15) is 0 Å². The van der Waals surface area contributed by atoms with Crippen LogP contribution in [0.15, 0.2) is 22.7 Å². The van der Waals surface area contributed by atoms with Gasteiger partial charge in [0, 0.05) is 10.5 Å². The first-order chi connectivity index (χ1) is 10.9. The predicted octanol–water partition coefficient (Wildman–Crippen LogP) is 4.53. The molecule has 23 heavy (non-hydrogen) atoms. The van der Waals surface area contributed by atoms with Crippen molar-refractivity contribution in [1.29, 1.82) is 0 Å². The van der Waals surface area contributed by atoms with Gasteiger partial charge in [0.2, 0.25) is 0 Å². The van der Waals surface area contributed by atoms with Crippen LogP contribution in [0.2, 0.25) is 5.02 Å². The summed E-state index contributed by atoms with van der Waals surface area (Å²) < 4.78 is 0.807. The van der Waals surface area contributed by atoms with Crippen LogP contribution in [0, 0.1) is 17.8 Å². The standard InChI is InChI=1S/C17H20BrClN2OS/c1-9(13-7-10-2-3-11(13)6-10)20-17(23)21-16(22)14-8-12(18)4-5-15(14)19/h4-5,8-11,13H,2-3,6-7H2,1H3,(H2,20,21,22,23)/t9-,10-,11-,13+/m0/s1. The van der Waals surface area contributed by atoms with Crippen molar-refractivity contribution in [2.45, 2.75) is 38.6 Å². The largest absolute Gasteiger partial charge is 0.360 e. The molecule has 2 fully saturated rings. The number of hydrogen-bond acceptors (Lipinski definition) is 2. The highest BCUT2D eigenvalue weighted by atomic mass is 79.9. The number of thiocarbonyl (C=S) groups is 1. The van der Waals surface area contributed by atoms with E-state index in [2.05, 4.69) is 33.5 Å². The molecule has 2 saturated carbocycles. The molecule has 4 atom stereocenters. The van der Waals surface area contributed by atoms with Gasteiger partial charge >= 0.3 is 0 Å². The maximum Gasteiger partial charge on any atom is 0.258 e. The molecule has 6 heteroatoms. The summed E-state index contributed by atoms with van der Waals surface area (Å²) in [5, 5.41) is 6.81. The molecular weight excluding hydrogens is 396 g/mol. The number of halogens is 2. The van der Waals surface area contributed by atoms with Crippen molar-refractivity contribution in [3.8, 4) is 0 Å². The fraction of sp³-hybridized carbons (Fsp3) is 0.529. The maximum absolute atomic E-state index is 12.3. The second-order valence-electron chi connectivity index (χ2n) is 6.68. The van der Waals surface area contributed by atoms with E-state index in [0.717, 1.165) is 16.3 Å². The Hall–Kier alpha value is -0.650. The van der Waals surface area contributed by atoms with E-state index in [4.69, 9.17) is 23.8 Å². The van der Waals surface area contributed by atoms with Crippen molar-refractivity contribution in [2.75, 3.05) is 0 Å². The van der Waals surface area contributed by atoms with Crippen molar-refractivity contribution in [3.05, 3.63) is 33.3 Å². The third-order valence-electron chi connectivity index (χ3n) is 5.19. The first kappa shape index (κ1) is 17.2. The number of fused-ring (bicyclic) bond motifs is 2. The average Bonchev–Trinajstić information content (AvgIpc) is 3.12. The van der Waals surface area contributed by atoms with Gasteiger partial charge in [0.15, 0.2) is 5.11 Å². The van der Waals surface area contributed by atoms with Gasteiger partial charge in [0.25, 0.3) is 5.91 Å². The molecule has 0 aromatic heterocycles. The van der Waals surface area contributed by atoms with Gasteiger partial charge in [-0.15, -0.1) is 0 Å². The second kappa shape index (κ2) is 7.08. The average molecular weight is 416 g/mol. The zero-order valence-corrected chi connectivity index (χ0v) is 16.1. The van der Waals surface area contributed by atoms with Gasteiger partial charge in [-0.1, -0.05) is 34.0 Å². The zero-order valence-electron chi connectivity index (χ0n) is 12.9. The fourth-order valence-corrected chi connectivity index (χ4v) is 4.94. The first-order valence-corrected chi connectivity index (χ1v) is 9.59. The zero-order chi connectivity index (χ0) is 16.6. The summed E-state index contributed by atoms with van der Waals surface area (Å²) in [7, 11) is 0. The van der Waals surface area contributed by atoms with Crippen molar-refractivity contribution < 1.29 is 4.79 Å². The molecule has 1 aromatic rings. The monoisotopic (exact) mass is 414 g/mol. The number of rotatable bonds is 3. The normalized spacial score (nSPS) is 26.8. The molecule has 124 valence electrons. The van der Waals surface area contributed by atoms with E-state index in [0.29, 0.717) is 21.6 Å². The number of amides is 1. The molecular formula is C17H20BrClN2OS. The summed E-state index contributed by atoms with van der Waals surface area (Å²) in [6.45, 7) is 2.16. The molecule has 3 rings (SSSR count). The smallest absolute Gasteiger partial charge is 0.258 e. The lowest BCUT2D eigenvalue weighted by Crippen LogP contribution is -2.46. The van der Waals surface area contributed by atoms with Crippen LogP contribution >= 0.6 is 39.7 Å². The SMILES string of the molecule is C[C@H](NC(=S)NC(=O)c1cc(Br)ccc1Cl)[C@H]1C[C@H]2CC[C@H]1C2. The van der Waals surface area contributed by atoms with E-state index in [1.807, 2.05) is 0 Å². The Labute approximate surface area is 155 Å². The van der Waals surface area contributed by atoms with Gasteiger partial charge in [-0.25, -0.2) is 0 Å². The third-order valence-corrected chi connectivity index (χ3v) is 6.24. The molecule has 1 amide bonds. The lowest BCUT2D eigenvalue weighted by Gasteiger charge is -2.29. The number of carbonyl (C=O) groups excluding carboxylic acids is 1. The molecule has 0 unspecified atom stereocenters. The number of nitrogens with one attached hydrogen (secondary N) is 2. The van der Waals surface area contributed by atoms with Crippen LogP contribution in [0.25, 0.3) is 0 Å². The Morgan fingerprint density at radius 3 is 2.83 bits per heavy atom. The van der Waals surface area contributed by atoms with Gasteiger partial charge in [-0.05, 0) is 74.4 Å². The molecule has 0 saturated heterocycles. The van der Waals surface area contributed by atoms with Crippen LogP contribution in [-0.2, 0) is 0 Å². The lowest BCUT2D eigenvalue weighted by atomic mass is 9.84. The molecule has 0 aliphatic heterocycles. The van der Waals surface area contributed by atoms with Crippen molar-refractivity contribution in [2.24, 2.45) is 17.8 Å². The molecule has 2 N–H and O–H groups in total. The summed E-state index contributed by atoms with van der Waals surface area (Å²) >= 11 is 14.7. The third kappa shape index (κ3) is 3.89. The van der Waals surface area contributed by atoms with Gasteiger partial charge in [-0.2, -0.15) is 0 Å². The van der Waals surface area contributed by atoms with E-state index in [1.54, 1.807) is 18.2 Å². The number of carbonyl (C=O) groups is 1. The highest BCUT2D eigenvalue weighted by Crippen LogP contribution is 2.49. The Kier molecular flexibility index (Phi) is 5.29. The Bertz CT molecular complexity index is 639. The molecule has 3 nitrogen and oxygen atoms in total. The second-order valence-corrected chi connectivity index (χ2v) is 8.41. The van der Waals surface area contributed by atoms with E-state index in [-0.39, 0.29) is 11.9 Å². The Morgan fingerprint density at radius 2 is 2.17 bits per heavy atom. The van der Waals surface area contributed by atoms with Gasteiger partial charge < -0.3 is 5.32 Å². The number of benzene rings is 1. The van der Waals surface area contributed by atoms with Crippen molar-refractivity contribution >= 4 is 50.8 Å². The lowest BCUT2D eigenvalue weighted by molar-refractivity contribution is 0.0976. The molecule has 2 aliphatic carbocycles. The summed E-state index contributed by atoms with van der Waals surface area (Å²) in [5.41, 5.74) is 0.415. The molecule has 2 bridgehead atoms. The van der Waals surface area contributed by atoms with Crippen LogP contribution < -0.4 is 10.6 Å². The van der Waals surface area contributed by atoms with E-state index in [9.17, 15) is 4.79 Å². The first-order valence-electron chi connectivity index (χ1n) is 8.01. The predicted molar refractivity (Wildman–Crippen MR) is 101 cm³/mol. The van der Waals surface area contributed by atoms with Crippen molar-refractivity contribution in [3.63, 3.8) is 0 Å². The van der Waals surface area contributed by atoms with Crippen LogP contribution in [0.5, 0.6) is 0 Å². The molecule has 0 heterocycles. The van der Waals surface area contributed by atoms with Gasteiger partial charge in [0.05, 0.1) is 10.6 Å². The highest BCUT2D eigenvalue weighted by Gasteiger charge is 2.41. The highest BCUT2D eigenvalue weighted by molar-refractivity contribution is 9.10. The van der Waals surface area contributed by atoms with Crippen LogP contribution in [0.4, 0.5) is 0 Å². The summed E-state index contributed by atoms with van der Waals surface area (Å²) in [6, 6.07) is 5.47. The van der Waals surface area contributed by atoms with E-state index in [1.165, 1.54) is 25.7 Å². The maximum atomic E-state index is 12.3. The topological polar surface area (TPSA) is 41.1 Å². The summed E-state index contributed by atoms with van der Waals surface area (Å²) in [5.74, 6) is 2.10. The van der Waals surface area contributed by atoms with Crippen LogP contribution in [0.3, 0.4) is 0 Å². The van der Waals surface area contributed by atoms with Crippen LogP contribution in [0.1, 0.15) is 43.0 Å². The summed E-state index contributed by atoms with van der Waals surface area (Å²) in [6.07, 6.45) is 5.38. The quantitative estimate of drug-likeness (QED) is 0.713. The fourth-order valence-electron chi connectivity index (χ4n) is 4.10. The Morgan fingerprint density at radius 1 is 1.39 bits per heavy atom. The van der Waals surface area contributed by atoms with E-state index < -0.39 is 0 Å². The van der Waals surface area contributed by atoms with E-state index >= 15 is 0 Å². The van der Waals surface area contributed by atoms with Crippen LogP contribution in [-0.4, -0.2) is 17.1 Å². The molecule has 2 aliphatic rings. The molecule has 1 aromatic carbocycles. The Balaban J connectivity index is 1.56. The minimum absolute atomic E-state index is 0.283. The van der Waals surface area contributed by atoms with Gasteiger partial charge in [-0.3, -0.25) is 10.1 Å². The minimum Gasteiger partial charge on any atom is -0.360 e.